The van der Waals surface area contributed by atoms with Gasteiger partial charge in [-0.25, -0.2) is 0 Å². The summed E-state index contributed by atoms with van der Waals surface area (Å²) < 4.78 is 0. The predicted molar refractivity (Wildman–Crippen MR) is 106 cm³/mol. The van der Waals surface area contributed by atoms with E-state index in [1.54, 1.807) is 4.90 Å². The van der Waals surface area contributed by atoms with Crippen molar-refractivity contribution in [2.24, 2.45) is 0 Å². The second-order valence-corrected chi connectivity index (χ2v) is 6.67. The lowest BCUT2D eigenvalue weighted by Gasteiger charge is -2.25. The Labute approximate surface area is 154 Å². The molecule has 3 rings (SSSR count). The molecular formula is C23H25NO2. The molecule has 1 unspecified atom stereocenters. The average Bonchev–Trinajstić information content (AvgIpc) is 2.69. The van der Waals surface area contributed by atoms with Crippen molar-refractivity contribution in [3.8, 4) is 0 Å². The second-order valence-electron chi connectivity index (χ2n) is 6.67. The molecule has 26 heavy (non-hydrogen) atoms. The minimum Gasteiger partial charge on any atom is -0.396 e. The Balaban J connectivity index is 1.90. The van der Waals surface area contributed by atoms with E-state index in [9.17, 15) is 9.90 Å². The molecule has 3 nitrogen and oxygen atoms in total. The fourth-order valence-corrected chi connectivity index (χ4v) is 3.46. The lowest BCUT2D eigenvalue weighted by atomic mass is 9.89. The fourth-order valence-electron chi connectivity index (χ4n) is 3.46. The molecule has 0 bridgehead atoms. The maximum absolute atomic E-state index is 13.2. The number of hydrogen-bond donors (Lipinski definition) is 1. The minimum atomic E-state index is -0.248. The molecule has 0 aliphatic rings. The molecule has 0 heterocycles. The van der Waals surface area contributed by atoms with Gasteiger partial charge in [-0.1, -0.05) is 72.8 Å². The molecule has 3 aromatic rings. The van der Waals surface area contributed by atoms with Crippen molar-refractivity contribution in [3.63, 3.8) is 0 Å². The van der Waals surface area contributed by atoms with E-state index in [0.717, 1.165) is 21.9 Å². The van der Waals surface area contributed by atoms with Crippen molar-refractivity contribution in [1.29, 1.82) is 0 Å². The van der Waals surface area contributed by atoms with Crippen LogP contribution in [0.25, 0.3) is 10.8 Å². The molecule has 3 heteroatoms. The summed E-state index contributed by atoms with van der Waals surface area (Å²) in [5.41, 5.74) is 2.16. The first-order valence-electron chi connectivity index (χ1n) is 9.08. The molecule has 0 fully saturated rings. The molecule has 0 radical (unpaired) electrons. The van der Waals surface area contributed by atoms with Crippen LogP contribution in [0.15, 0.2) is 72.8 Å². The van der Waals surface area contributed by atoms with E-state index in [-0.39, 0.29) is 18.4 Å². The topological polar surface area (TPSA) is 40.5 Å². The summed E-state index contributed by atoms with van der Waals surface area (Å²) >= 11 is 0. The first kappa shape index (κ1) is 18.2. The summed E-state index contributed by atoms with van der Waals surface area (Å²) in [6, 6.07) is 24.3. The number of nitrogens with zero attached hydrogens (tertiary/aromatic N) is 1. The number of aliphatic hydroxyl groups excluding tert-OH is 1. The number of hydrogen-bond acceptors (Lipinski definition) is 2. The van der Waals surface area contributed by atoms with Gasteiger partial charge in [0.25, 0.3) is 0 Å². The molecule has 0 aliphatic heterocycles. The molecule has 0 aliphatic carbocycles. The van der Waals surface area contributed by atoms with E-state index >= 15 is 0 Å². The van der Waals surface area contributed by atoms with Crippen LogP contribution < -0.4 is 0 Å². The van der Waals surface area contributed by atoms with Crippen molar-refractivity contribution in [3.05, 3.63) is 83.9 Å². The Hall–Kier alpha value is -2.65. The third-order valence-corrected chi connectivity index (χ3v) is 4.79. The molecule has 0 aromatic heterocycles. The highest BCUT2D eigenvalue weighted by Crippen LogP contribution is 2.30. The molecule has 134 valence electrons. The first-order valence-corrected chi connectivity index (χ1v) is 9.08. The molecule has 0 saturated carbocycles. The largest absolute Gasteiger partial charge is 0.396 e. The number of aliphatic hydroxyl groups is 1. The van der Waals surface area contributed by atoms with Crippen LogP contribution in [0.2, 0.25) is 0 Å². The number of rotatable bonds is 7. The predicted octanol–water partition coefficient (Wildman–Crippen LogP) is 4.35. The molecule has 1 amide bonds. The standard InChI is InChI=1S/C23H25NO2/c1-24(17-18-9-3-2-4-10-18)23(26)22(15-8-16-25)21-14-7-12-19-11-5-6-13-20(19)21/h2-7,9-14,22,25H,8,15-17H2,1H3. The average molecular weight is 347 g/mol. The summed E-state index contributed by atoms with van der Waals surface area (Å²) in [5, 5.41) is 11.6. The van der Waals surface area contributed by atoms with Crippen LogP contribution in [-0.2, 0) is 11.3 Å². The van der Waals surface area contributed by atoms with Crippen LogP contribution in [-0.4, -0.2) is 29.6 Å². The van der Waals surface area contributed by atoms with Crippen molar-refractivity contribution < 1.29 is 9.90 Å². The van der Waals surface area contributed by atoms with Crippen molar-refractivity contribution in [1.82, 2.24) is 4.90 Å². The SMILES string of the molecule is CN(Cc1ccccc1)C(=O)C(CCCO)c1cccc2ccccc12. The zero-order chi connectivity index (χ0) is 18.4. The monoisotopic (exact) mass is 347 g/mol. The number of carbonyl (C=O) groups is 1. The van der Waals surface area contributed by atoms with Gasteiger partial charge in [0.05, 0.1) is 5.92 Å². The second kappa shape index (κ2) is 8.63. The van der Waals surface area contributed by atoms with Crippen molar-refractivity contribution in [2.75, 3.05) is 13.7 Å². The van der Waals surface area contributed by atoms with E-state index in [1.165, 1.54) is 0 Å². The van der Waals surface area contributed by atoms with Crippen molar-refractivity contribution in [2.45, 2.75) is 25.3 Å². The van der Waals surface area contributed by atoms with Crippen LogP contribution in [0.5, 0.6) is 0 Å². The van der Waals surface area contributed by atoms with Gasteiger partial charge >= 0.3 is 0 Å². The smallest absolute Gasteiger partial charge is 0.230 e. The summed E-state index contributed by atoms with van der Waals surface area (Å²) in [6.07, 6.45) is 1.25. The van der Waals surface area contributed by atoms with E-state index in [4.69, 9.17) is 0 Å². The Morgan fingerprint density at radius 3 is 2.42 bits per heavy atom. The summed E-state index contributed by atoms with van der Waals surface area (Å²) in [5.74, 6) is -0.152. The van der Waals surface area contributed by atoms with Gasteiger partial charge in [-0.2, -0.15) is 0 Å². The number of benzene rings is 3. The van der Waals surface area contributed by atoms with Gasteiger partial charge in [-0.05, 0) is 34.7 Å². The third-order valence-electron chi connectivity index (χ3n) is 4.79. The molecule has 0 saturated heterocycles. The van der Waals surface area contributed by atoms with Crippen LogP contribution in [0.3, 0.4) is 0 Å². The zero-order valence-corrected chi connectivity index (χ0v) is 15.1. The number of likely N-dealkylation sites (N-methyl/N-ethyl adjacent to an activating group) is 1. The summed E-state index contributed by atoms with van der Waals surface area (Å²) in [7, 11) is 1.85. The maximum atomic E-state index is 13.2. The lowest BCUT2D eigenvalue weighted by molar-refractivity contribution is -0.132. The first-order chi connectivity index (χ1) is 12.7. The van der Waals surface area contributed by atoms with Gasteiger partial charge in [0, 0.05) is 20.2 Å². The normalized spacial score (nSPS) is 12.1. The Morgan fingerprint density at radius 2 is 1.65 bits per heavy atom. The quantitative estimate of drug-likeness (QED) is 0.690. The third kappa shape index (κ3) is 4.12. The van der Waals surface area contributed by atoms with Crippen LogP contribution in [0, 0.1) is 0 Å². The van der Waals surface area contributed by atoms with Gasteiger partial charge in [0.2, 0.25) is 5.91 Å². The number of carbonyl (C=O) groups excluding carboxylic acids is 1. The minimum absolute atomic E-state index is 0.0942. The van der Waals surface area contributed by atoms with Gasteiger partial charge in [-0.15, -0.1) is 0 Å². The highest BCUT2D eigenvalue weighted by Gasteiger charge is 2.25. The van der Waals surface area contributed by atoms with E-state index in [0.29, 0.717) is 19.4 Å². The number of fused-ring (bicyclic) bond motifs is 1. The highest BCUT2D eigenvalue weighted by atomic mass is 16.3. The number of amides is 1. The zero-order valence-electron chi connectivity index (χ0n) is 15.1. The van der Waals surface area contributed by atoms with Gasteiger partial charge in [0.15, 0.2) is 0 Å². The van der Waals surface area contributed by atoms with Crippen LogP contribution in [0.4, 0.5) is 0 Å². The van der Waals surface area contributed by atoms with Crippen LogP contribution in [0.1, 0.15) is 29.9 Å². The Bertz CT molecular complexity index is 855. The van der Waals surface area contributed by atoms with Crippen LogP contribution >= 0.6 is 0 Å². The molecule has 1 N–H and O–H groups in total. The fraction of sp³-hybridized carbons (Fsp3) is 0.261. The van der Waals surface area contributed by atoms with Gasteiger partial charge < -0.3 is 10.0 Å². The lowest BCUT2D eigenvalue weighted by Crippen LogP contribution is -2.31. The Morgan fingerprint density at radius 1 is 0.962 bits per heavy atom. The van der Waals surface area contributed by atoms with Gasteiger partial charge in [-0.3, -0.25) is 4.79 Å². The van der Waals surface area contributed by atoms with E-state index < -0.39 is 0 Å². The summed E-state index contributed by atoms with van der Waals surface area (Å²) in [6.45, 7) is 0.678. The summed E-state index contributed by atoms with van der Waals surface area (Å²) in [4.78, 5) is 15.0. The van der Waals surface area contributed by atoms with E-state index in [2.05, 4.69) is 18.2 Å². The van der Waals surface area contributed by atoms with Gasteiger partial charge in [0.1, 0.15) is 0 Å². The van der Waals surface area contributed by atoms with E-state index in [1.807, 2.05) is 61.6 Å². The van der Waals surface area contributed by atoms with Crippen molar-refractivity contribution >= 4 is 16.7 Å². The Kier molecular flexibility index (Phi) is 6.03. The highest BCUT2D eigenvalue weighted by molar-refractivity contribution is 5.92. The molecular weight excluding hydrogens is 322 g/mol. The molecule has 3 aromatic carbocycles. The molecule has 0 spiro atoms. The molecule has 1 atom stereocenters. The maximum Gasteiger partial charge on any atom is 0.230 e.